The third-order valence-corrected chi connectivity index (χ3v) is 6.68. The van der Waals surface area contributed by atoms with Crippen molar-refractivity contribution in [1.82, 2.24) is 15.1 Å². The topological polar surface area (TPSA) is 67.5 Å². The molecule has 0 saturated carbocycles. The summed E-state index contributed by atoms with van der Waals surface area (Å²) in [5.41, 5.74) is 5.12. The van der Waals surface area contributed by atoms with Gasteiger partial charge in [-0.15, -0.1) is 0 Å². The van der Waals surface area contributed by atoms with Gasteiger partial charge in [0, 0.05) is 42.8 Å². The fraction of sp³-hybridized carbons (Fsp3) is 0.207. The van der Waals surface area contributed by atoms with Crippen LogP contribution in [0, 0.1) is 6.92 Å². The van der Waals surface area contributed by atoms with Crippen molar-refractivity contribution in [1.29, 1.82) is 0 Å². The number of aryl methyl sites for hydroxylation is 1. The van der Waals surface area contributed by atoms with Gasteiger partial charge in [-0.3, -0.25) is 0 Å². The van der Waals surface area contributed by atoms with Crippen molar-refractivity contribution in [2.75, 3.05) is 43.1 Å². The second-order valence-electron chi connectivity index (χ2n) is 9.01. The number of benzene rings is 3. The van der Waals surface area contributed by atoms with E-state index in [0.717, 1.165) is 65.3 Å². The van der Waals surface area contributed by atoms with Gasteiger partial charge in [0.25, 0.3) is 5.89 Å². The van der Waals surface area contributed by atoms with Gasteiger partial charge in [0.15, 0.2) is 0 Å². The summed E-state index contributed by atoms with van der Waals surface area (Å²) >= 11 is 0. The second kappa shape index (κ2) is 9.34. The molecule has 0 bridgehead atoms. The van der Waals surface area contributed by atoms with Crippen LogP contribution in [0.3, 0.4) is 0 Å². The fourth-order valence-electron chi connectivity index (χ4n) is 4.72. The van der Waals surface area contributed by atoms with Crippen molar-refractivity contribution in [2.45, 2.75) is 6.92 Å². The molecule has 0 unspecified atom stereocenters. The lowest BCUT2D eigenvalue weighted by Gasteiger charge is -2.37. The molecule has 36 heavy (non-hydrogen) atoms. The Morgan fingerprint density at radius 3 is 2.36 bits per heavy atom. The molecular weight excluding hydrogens is 450 g/mol. The number of anilines is 2. The number of hydrogen-bond acceptors (Lipinski definition) is 7. The third kappa shape index (κ3) is 4.24. The molecule has 1 aliphatic heterocycles. The molecule has 180 valence electrons. The number of piperazine rings is 1. The van der Waals surface area contributed by atoms with Crippen LogP contribution in [0.1, 0.15) is 5.56 Å². The molecule has 0 atom stereocenters. The van der Waals surface area contributed by atoms with Crippen molar-refractivity contribution in [3.8, 4) is 28.6 Å². The summed E-state index contributed by atoms with van der Waals surface area (Å²) < 4.78 is 11.1. The number of hydrogen-bond donors (Lipinski definition) is 0. The van der Waals surface area contributed by atoms with Gasteiger partial charge >= 0.3 is 0 Å². The Morgan fingerprint density at radius 1 is 0.806 bits per heavy atom. The van der Waals surface area contributed by atoms with Crippen molar-refractivity contribution in [3.05, 3.63) is 84.4 Å². The van der Waals surface area contributed by atoms with Crippen LogP contribution in [-0.4, -0.2) is 48.4 Å². The van der Waals surface area contributed by atoms with Gasteiger partial charge in [0.05, 0.1) is 18.2 Å². The second-order valence-corrected chi connectivity index (χ2v) is 9.01. The van der Waals surface area contributed by atoms with Crippen LogP contribution in [0.2, 0.25) is 0 Å². The van der Waals surface area contributed by atoms with Crippen LogP contribution in [0.25, 0.3) is 33.7 Å². The first kappa shape index (κ1) is 22.1. The molecule has 7 nitrogen and oxygen atoms in total. The Balaban J connectivity index is 1.29. The minimum absolute atomic E-state index is 0.503. The summed E-state index contributed by atoms with van der Waals surface area (Å²) in [6.45, 7) is 5.62. The maximum absolute atomic E-state index is 5.76. The van der Waals surface area contributed by atoms with Gasteiger partial charge in [-0.1, -0.05) is 47.1 Å². The zero-order chi connectivity index (χ0) is 24.5. The Labute approximate surface area is 210 Å². The van der Waals surface area contributed by atoms with E-state index >= 15 is 0 Å². The molecule has 3 aromatic carbocycles. The molecule has 7 heteroatoms. The van der Waals surface area contributed by atoms with Gasteiger partial charge in [-0.2, -0.15) is 4.98 Å². The van der Waals surface area contributed by atoms with E-state index < -0.39 is 0 Å². The van der Waals surface area contributed by atoms with E-state index in [-0.39, 0.29) is 0 Å². The minimum Gasteiger partial charge on any atom is -0.497 e. The number of pyridine rings is 1. The zero-order valence-electron chi connectivity index (χ0n) is 20.4. The van der Waals surface area contributed by atoms with Gasteiger partial charge in [0.1, 0.15) is 11.6 Å². The SMILES string of the molecule is COc1ccc(N2CCN(c3cc(-c4nc(-c5cccc(C)c5)no4)c4ccccc4n3)CC2)cc1. The Kier molecular flexibility index (Phi) is 5.73. The van der Waals surface area contributed by atoms with E-state index in [1.54, 1.807) is 7.11 Å². The summed E-state index contributed by atoms with van der Waals surface area (Å²) in [5.74, 6) is 2.89. The number of methoxy groups -OCH3 is 1. The lowest BCUT2D eigenvalue weighted by Crippen LogP contribution is -2.46. The van der Waals surface area contributed by atoms with Crippen molar-refractivity contribution in [3.63, 3.8) is 0 Å². The summed E-state index contributed by atoms with van der Waals surface area (Å²) in [7, 11) is 1.69. The lowest BCUT2D eigenvalue weighted by molar-refractivity contribution is 0.415. The highest BCUT2D eigenvalue weighted by Gasteiger charge is 2.22. The Bertz CT molecular complexity index is 1500. The summed E-state index contributed by atoms with van der Waals surface area (Å²) in [6, 6.07) is 26.6. The minimum atomic E-state index is 0.503. The molecule has 6 rings (SSSR count). The standard InChI is InChI=1S/C29H27N5O2/c1-20-6-5-7-21(18-20)28-31-29(36-32-28)25-19-27(30-26-9-4-3-8-24(25)26)34-16-14-33(15-17-34)22-10-12-23(35-2)13-11-22/h3-13,18-19H,14-17H2,1-2H3. The highest BCUT2D eigenvalue weighted by atomic mass is 16.5. The van der Waals surface area contributed by atoms with Crippen LogP contribution >= 0.6 is 0 Å². The van der Waals surface area contributed by atoms with Crippen molar-refractivity contribution >= 4 is 22.4 Å². The molecule has 1 fully saturated rings. The van der Waals surface area contributed by atoms with Gasteiger partial charge < -0.3 is 19.1 Å². The van der Waals surface area contributed by atoms with E-state index in [1.807, 2.05) is 42.5 Å². The number of aromatic nitrogens is 3. The first-order valence-corrected chi connectivity index (χ1v) is 12.1. The molecule has 0 radical (unpaired) electrons. The van der Waals surface area contributed by atoms with E-state index in [9.17, 15) is 0 Å². The quantitative estimate of drug-likeness (QED) is 0.327. The predicted octanol–water partition coefficient (Wildman–Crippen LogP) is 5.60. The number of fused-ring (bicyclic) bond motifs is 1. The van der Waals surface area contributed by atoms with Crippen LogP contribution in [0.4, 0.5) is 11.5 Å². The van der Waals surface area contributed by atoms with Gasteiger partial charge in [-0.25, -0.2) is 4.98 Å². The number of nitrogens with zero attached hydrogens (tertiary/aromatic N) is 5. The molecule has 0 amide bonds. The summed E-state index contributed by atoms with van der Waals surface area (Å²) in [6.07, 6.45) is 0. The lowest BCUT2D eigenvalue weighted by atomic mass is 10.1. The average molecular weight is 478 g/mol. The predicted molar refractivity (Wildman–Crippen MR) is 143 cm³/mol. The molecule has 0 spiro atoms. The zero-order valence-corrected chi connectivity index (χ0v) is 20.4. The molecule has 1 aliphatic rings. The molecule has 5 aromatic rings. The maximum atomic E-state index is 5.76. The van der Waals surface area contributed by atoms with E-state index in [0.29, 0.717) is 11.7 Å². The third-order valence-electron chi connectivity index (χ3n) is 6.68. The molecule has 3 heterocycles. The van der Waals surface area contributed by atoms with E-state index in [1.165, 1.54) is 5.69 Å². The smallest absolute Gasteiger partial charge is 0.259 e. The first-order chi connectivity index (χ1) is 17.7. The van der Waals surface area contributed by atoms with E-state index in [4.69, 9.17) is 19.2 Å². The molecule has 1 saturated heterocycles. The van der Waals surface area contributed by atoms with Gasteiger partial charge in [-0.05, 0) is 49.4 Å². The molecule has 0 aliphatic carbocycles. The molecular formula is C29H27N5O2. The Hall–Kier alpha value is -4.39. The molecule has 0 N–H and O–H groups in total. The van der Waals surface area contributed by atoms with Crippen LogP contribution in [0.5, 0.6) is 5.75 Å². The maximum Gasteiger partial charge on any atom is 0.259 e. The van der Waals surface area contributed by atoms with Crippen LogP contribution in [0.15, 0.2) is 83.4 Å². The Morgan fingerprint density at radius 2 is 1.58 bits per heavy atom. The number of para-hydroxylation sites is 1. The number of ether oxygens (including phenoxy) is 1. The monoisotopic (exact) mass is 477 g/mol. The highest BCUT2D eigenvalue weighted by molar-refractivity contribution is 5.94. The average Bonchev–Trinajstić information content (AvgIpc) is 3.43. The summed E-state index contributed by atoms with van der Waals surface area (Å²) in [5, 5.41) is 5.27. The molecule has 2 aromatic heterocycles. The van der Waals surface area contributed by atoms with Gasteiger partial charge in [0.2, 0.25) is 5.82 Å². The van der Waals surface area contributed by atoms with E-state index in [2.05, 4.69) is 58.3 Å². The normalized spacial score (nSPS) is 13.8. The number of rotatable bonds is 5. The first-order valence-electron chi connectivity index (χ1n) is 12.1. The highest BCUT2D eigenvalue weighted by Crippen LogP contribution is 2.32. The fourth-order valence-corrected chi connectivity index (χ4v) is 4.72. The van der Waals surface area contributed by atoms with Crippen molar-refractivity contribution in [2.24, 2.45) is 0 Å². The largest absolute Gasteiger partial charge is 0.497 e. The van der Waals surface area contributed by atoms with Crippen LogP contribution in [-0.2, 0) is 0 Å². The van der Waals surface area contributed by atoms with Crippen LogP contribution < -0.4 is 14.5 Å². The van der Waals surface area contributed by atoms with Crippen molar-refractivity contribution < 1.29 is 9.26 Å². The summed E-state index contributed by atoms with van der Waals surface area (Å²) in [4.78, 5) is 14.5.